The number of carbonyl (C=O) groups is 2. The molecule has 0 spiro atoms. The first-order valence-corrected chi connectivity index (χ1v) is 6.41. The Morgan fingerprint density at radius 2 is 2.16 bits per heavy atom. The normalized spacial score (nSPS) is 12.2. The van der Waals surface area contributed by atoms with Crippen LogP contribution in [-0.2, 0) is 9.53 Å². The molecular formula is C13H12FNO3S. The molecule has 1 aromatic carbocycles. The zero-order chi connectivity index (χ0) is 14.0. The van der Waals surface area contributed by atoms with Gasteiger partial charge in [0.05, 0.1) is 12.0 Å². The van der Waals surface area contributed by atoms with Crippen molar-refractivity contribution in [3.05, 3.63) is 35.0 Å². The molecule has 0 aliphatic heterocycles. The maximum atomic E-state index is 13.5. The highest BCUT2D eigenvalue weighted by atomic mass is 32.1. The Hall–Kier alpha value is -1.95. The molecule has 0 fully saturated rings. The first-order valence-electron chi connectivity index (χ1n) is 5.59. The molecule has 6 heteroatoms. The van der Waals surface area contributed by atoms with Gasteiger partial charge in [-0.05, 0) is 25.1 Å². The average Bonchev–Trinajstić information content (AvgIpc) is 2.83. The summed E-state index contributed by atoms with van der Waals surface area (Å²) < 4.78 is 18.7. The Kier molecular flexibility index (Phi) is 3.80. The molecule has 4 nitrogen and oxygen atoms in total. The van der Waals surface area contributed by atoms with Crippen LogP contribution in [-0.4, -0.2) is 25.0 Å². The van der Waals surface area contributed by atoms with E-state index >= 15 is 0 Å². The van der Waals surface area contributed by atoms with Crippen LogP contribution in [0.25, 0.3) is 10.1 Å². The van der Waals surface area contributed by atoms with Crippen molar-refractivity contribution in [1.82, 2.24) is 5.32 Å². The molecule has 2 rings (SSSR count). The van der Waals surface area contributed by atoms with Gasteiger partial charge in [-0.25, -0.2) is 9.18 Å². The zero-order valence-electron chi connectivity index (χ0n) is 10.4. The quantitative estimate of drug-likeness (QED) is 0.878. The Balaban J connectivity index is 2.22. The monoisotopic (exact) mass is 281 g/mol. The van der Waals surface area contributed by atoms with Crippen molar-refractivity contribution in [3.8, 4) is 0 Å². The third kappa shape index (κ3) is 2.73. The van der Waals surface area contributed by atoms with Crippen molar-refractivity contribution in [2.24, 2.45) is 0 Å². The number of carbonyl (C=O) groups excluding carboxylic acids is 2. The SMILES string of the molecule is COC(=O)C(C)NC(=O)c1cc2c(F)cccc2s1. The fourth-order valence-electron chi connectivity index (χ4n) is 1.64. The number of benzene rings is 1. The first kappa shape index (κ1) is 13.5. The summed E-state index contributed by atoms with van der Waals surface area (Å²) in [5.41, 5.74) is 0. The Morgan fingerprint density at radius 3 is 2.79 bits per heavy atom. The van der Waals surface area contributed by atoms with Gasteiger partial charge in [0.15, 0.2) is 0 Å². The van der Waals surface area contributed by atoms with Crippen molar-refractivity contribution in [1.29, 1.82) is 0 Å². The standard InChI is InChI=1S/C13H12FNO3S/c1-7(13(17)18-2)15-12(16)11-6-8-9(14)4-3-5-10(8)19-11/h3-7H,1-2H3,(H,15,16). The Labute approximate surface area is 113 Å². The average molecular weight is 281 g/mol. The molecule has 1 unspecified atom stereocenters. The Bertz CT molecular complexity index is 638. The summed E-state index contributed by atoms with van der Waals surface area (Å²) in [5, 5.41) is 2.91. The van der Waals surface area contributed by atoms with Crippen LogP contribution >= 0.6 is 11.3 Å². The van der Waals surface area contributed by atoms with E-state index < -0.39 is 17.9 Å². The maximum Gasteiger partial charge on any atom is 0.328 e. The lowest BCUT2D eigenvalue weighted by Gasteiger charge is -2.10. The van der Waals surface area contributed by atoms with Crippen LogP contribution in [0.3, 0.4) is 0 Å². The van der Waals surface area contributed by atoms with Gasteiger partial charge in [-0.1, -0.05) is 6.07 Å². The van der Waals surface area contributed by atoms with E-state index in [4.69, 9.17) is 0 Å². The summed E-state index contributed by atoms with van der Waals surface area (Å²) in [6.07, 6.45) is 0. The molecule has 0 aliphatic carbocycles. The van der Waals surface area contributed by atoms with Gasteiger partial charge in [0.2, 0.25) is 0 Å². The van der Waals surface area contributed by atoms with E-state index in [0.29, 0.717) is 15.0 Å². The van der Waals surface area contributed by atoms with Gasteiger partial charge < -0.3 is 10.1 Å². The number of esters is 1. The van der Waals surface area contributed by atoms with E-state index in [1.165, 1.54) is 37.5 Å². The minimum atomic E-state index is -0.743. The number of hydrogen-bond donors (Lipinski definition) is 1. The number of thiophene rings is 1. The van der Waals surface area contributed by atoms with Gasteiger partial charge >= 0.3 is 5.97 Å². The van der Waals surface area contributed by atoms with Crippen molar-refractivity contribution < 1.29 is 18.7 Å². The molecule has 0 aliphatic rings. The highest BCUT2D eigenvalue weighted by Crippen LogP contribution is 2.27. The molecule has 1 N–H and O–H groups in total. The fraction of sp³-hybridized carbons (Fsp3) is 0.231. The molecule has 1 heterocycles. The number of halogens is 1. The lowest BCUT2D eigenvalue weighted by Crippen LogP contribution is -2.38. The molecule has 1 atom stereocenters. The van der Waals surface area contributed by atoms with Crippen LogP contribution < -0.4 is 5.32 Å². The van der Waals surface area contributed by atoms with Crippen molar-refractivity contribution in [3.63, 3.8) is 0 Å². The number of ether oxygens (including phenoxy) is 1. The van der Waals surface area contributed by atoms with Gasteiger partial charge in [-0.2, -0.15) is 0 Å². The van der Waals surface area contributed by atoms with Gasteiger partial charge in [0.1, 0.15) is 11.9 Å². The second-order valence-electron chi connectivity index (χ2n) is 3.98. The van der Waals surface area contributed by atoms with Crippen LogP contribution in [0.4, 0.5) is 4.39 Å². The third-order valence-corrected chi connectivity index (χ3v) is 3.73. The molecule has 19 heavy (non-hydrogen) atoms. The molecular weight excluding hydrogens is 269 g/mol. The smallest absolute Gasteiger partial charge is 0.328 e. The van der Waals surface area contributed by atoms with Gasteiger partial charge in [-0.3, -0.25) is 4.79 Å². The summed E-state index contributed by atoms with van der Waals surface area (Å²) in [4.78, 5) is 23.5. The van der Waals surface area contributed by atoms with E-state index in [9.17, 15) is 14.0 Å². The highest BCUT2D eigenvalue weighted by Gasteiger charge is 2.18. The molecule has 0 radical (unpaired) electrons. The van der Waals surface area contributed by atoms with Gasteiger partial charge in [0.25, 0.3) is 5.91 Å². The van der Waals surface area contributed by atoms with E-state index in [1.54, 1.807) is 12.1 Å². The van der Waals surface area contributed by atoms with Crippen molar-refractivity contribution in [2.45, 2.75) is 13.0 Å². The fourth-order valence-corrected chi connectivity index (χ4v) is 2.62. The summed E-state index contributed by atoms with van der Waals surface area (Å²) in [6.45, 7) is 1.53. The van der Waals surface area contributed by atoms with Gasteiger partial charge in [-0.15, -0.1) is 11.3 Å². The molecule has 100 valence electrons. The van der Waals surface area contributed by atoms with E-state index in [0.717, 1.165) is 0 Å². The third-order valence-electron chi connectivity index (χ3n) is 2.63. The lowest BCUT2D eigenvalue weighted by atomic mass is 10.2. The minimum Gasteiger partial charge on any atom is -0.467 e. The summed E-state index contributed by atoms with van der Waals surface area (Å²) in [7, 11) is 1.25. The number of methoxy groups -OCH3 is 1. The molecule has 0 saturated carbocycles. The molecule has 1 aromatic heterocycles. The maximum absolute atomic E-state index is 13.5. The zero-order valence-corrected chi connectivity index (χ0v) is 11.2. The lowest BCUT2D eigenvalue weighted by molar-refractivity contribution is -0.142. The second-order valence-corrected chi connectivity index (χ2v) is 5.06. The van der Waals surface area contributed by atoms with Crippen molar-refractivity contribution >= 4 is 33.3 Å². The predicted octanol–water partition coefficient (Wildman–Crippen LogP) is 2.33. The van der Waals surface area contributed by atoms with E-state index in [1.807, 2.05) is 0 Å². The summed E-state index contributed by atoms with van der Waals surface area (Å²) in [6, 6.07) is 5.41. The minimum absolute atomic E-state index is 0.357. The number of amides is 1. The number of nitrogens with one attached hydrogen (secondary N) is 1. The largest absolute Gasteiger partial charge is 0.467 e. The van der Waals surface area contributed by atoms with E-state index in [2.05, 4.69) is 10.1 Å². The first-order chi connectivity index (χ1) is 9.02. The van der Waals surface area contributed by atoms with Crippen molar-refractivity contribution in [2.75, 3.05) is 7.11 Å². The summed E-state index contributed by atoms with van der Waals surface area (Å²) in [5.74, 6) is -1.31. The van der Waals surface area contributed by atoms with Crippen LogP contribution in [0.1, 0.15) is 16.6 Å². The molecule has 2 aromatic rings. The number of rotatable bonds is 3. The number of fused-ring (bicyclic) bond motifs is 1. The Morgan fingerprint density at radius 1 is 1.42 bits per heavy atom. The molecule has 1 amide bonds. The van der Waals surface area contributed by atoms with Crippen LogP contribution in [0.5, 0.6) is 0 Å². The van der Waals surface area contributed by atoms with Crippen LogP contribution in [0.2, 0.25) is 0 Å². The summed E-state index contributed by atoms with van der Waals surface area (Å²) >= 11 is 1.18. The highest BCUT2D eigenvalue weighted by molar-refractivity contribution is 7.20. The molecule has 0 saturated heterocycles. The van der Waals surface area contributed by atoms with Crippen LogP contribution in [0.15, 0.2) is 24.3 Å². The topological polar surface area (TPSA) is 55.4 Å². The van der Waals surface area contributed by atoms with E-state index in [-0.39, 0.29) is 5.82 Å². The van der Waals surface area contributed by atoms with Crippen LogP contribution in [0, 0.1) is 5.82 Å². The van der Waals surface area contributed by atoms with Gasteiger partial charge in [0, 0.05) is 10.1 Å². The number of hydrogen-bond acceptors (Lipinski definition) is 4. The predicted molar refractivity (Wildman–Crippen MR) is 70.7 cm³/mol. The second kappa shape index (κ2) is 5.36. The molecule has 0 bridgehead atoms.